The van der Waals surface area contributed by atoms with Gasteiger partial charge in [-0.15, -0.1) is 0 Å². The van der Waals surface area contributed by atoms with E-state index in [1.54, 1.807) is 25.3 Å². The van der Waals surface area contributed by atoms with E-state index in [-0.39, 0.29) is 5.54 Å². The van der Waals surface area contributed by atoms with Crippen LogP contribution in [0.25, 0.3) is 0 Å². The van der Waals surface area contributed by atoms with Crippen molar-refractivity contribution in [2.75, 3.05) is 13.7 Å². The van der Waals surface area contributed by atoms with Gasteiger partial charge in [0.1, 0.15) is 5.75 Å². The lowest BCUT2D eigenvalue weighted by Gasteiger charge is -2.38. The Morgan fingerprint density at radius 2 is 2.05 bits per heavy atom. The highest BCUT2D eigenvalue weighted by Gasteiger charge is 2.36. The lowest BCUT2D eigenvalue weighted by atomic mass is 9.80. The van der Waals surface area contributed by atoms with Crippen molar-refractivity contribution < 1.29 is 13.2 Å². The highest BCUT2D eigenvalue weighted by molar-refractivity contribution is 7.89. The molecule has 0 aliphatic heterocycles. The molecule has 1 saturated carbocycles. The molecule has 0 heterocycles. The van der Waals surface area contributed by atoms with Crippen LogP contribution in [0.15, 0.2) is 23.1 Å². The molecule has 0 radical (unpaired) electrons. The van der Waals surface area contributed by atoms with Gasteiger partial charge in [0.05, 0.1) is 12.0 Å². The third-order valence-corrected chi connectivity index (χ3v) is 5.60. The van der Waals surface area contributed by atoms with Crippen LogP contribution in [-0.2, 0) is 16.6 Å². The molecule has 5 nitrogen and oxygen atoms in total. The van der Waals surface area contributed by atoms with E-state index < -0.39 is 10.0 Å². The minimum Gasteiger partial charge on any atom is -0.496 e. The average Bonchev–Trinajstić information content (AvgIpc) is 2.42. The Balaban J connectivity index is 2.26. The minimum atomic E-state index is -3.48. The largest absolute Gasteiger partial charge is 0.496 e. The summed E-state index contributed by atoms with van der Waals surface area (Å²) in [7, 11) is -1.89. The molecule has 0 bridgehead atoms. The van der Waals surface area contributed by atoms with Gasteiger partial charge in [0.2, 0.25) is 10.0 Å². The zero-order valence-electron chi connectivity index (χ0n) is 12.9. The summed E-state index contributed by atoms with van der Waals surface area (Å²) in [5.41, 5.74) is 0.557. The van der Waals surface area contributed by atoms with Crippen LogP contribution in [0.1, 0.15) is 38.7 Å². The Labute approximate surface area is 127 Å². The molecule has 21 heavy (non-hydrogen) atoms. The fourth-order valence-electron chi connectivity index (χ4n) is 2.51. The van der Waals surface area contributed by atoms with Crippen LogP contribution in [0.3, 0.4) is 0 Å². The standard InChI is InChI=1S/C15H24N2O3S/c1-4-16-11-12-10-13(6-7-14(12)20-3)21(18,19)17-15(2)8-5-9-15/h6-7,10,16-17H,4-5,8-9,11H2,1-3H3. The van der Waals surface area contributed by atoms with E-state index in [0.717, 1.165) is 31.4 Å². The van der Waals surface area contributed by atoms with Crippen molar-refractivity contribution in [1.29, 1.82) is 0 Å². The quantitative estimate of drug-likeness (QED) is 0.808. The average molecular weight is 312 g/mol. The van der Waals surface area contributed by atoms with Gasteiger partial charge in [0.15, 0.2) is 0 Å². The van der Waals surface area contributed by atoms with Gasteiger partial charge < -0.3 is 10.1 Å². The van der Waals surface area contributed by atoms with E-state index in [4.69, 9.17) is 4.74 Å². The summed E-state index contributed by atoms with van der Waals surface area (Å²) in [4.78, 5) is 0.296. The normalized spacial score (nSPS) is 17.3. The monoisotopic (exact) mass is 312 g/mol. The number of sulfonamides is 1. The van der Waals surface area contributed by atoms with Crippen LogP contribution in [0, 0.1) is 0 Å². The first-order valence-electron chi connectivity index (χ1n) is 7.32. The number of hydrogen-bond donors (Lipinski definition) is 2. The van der Waals surface area contributed by atoms with E-state index >= 15 is 0 Å². The smallest absolute Gasteiger partial charge is 0.241 e. The number of benzene rings is 1. The van der Waals surface area contributed by atoms with E-state index in [2.05, 4.69) is 10.0 Å². The molecule has 0 unspecified atom stereocenters. The summed E-state index contributed by atoms with van der Waals surface area (Å²) in [6.45, 7) is 5.36. The molecule has 2 N–H and O–H groups in total. The SMILES string of the molecule is CCNCc1cc(S(=O)(=O)NC2(C)CCC2)ccc1OC. The maximum atomic E-state index is 12.5. The van der Waals surface area contributed by atoms with Gasteiger partial charge in [-0.1, -0.05) is 6.92 Å². The Morgan fingerprint density at radius 3 is 2.57 bits per heavy atom. The molecule has 1 aromatic carbocycles. The Bertz CT molecular complexity index is 595. The second-order valence-corrected chi connectivity index (χ2v) is 7.46. The van der Waals surface area contributed by atoms with Crippen molar-refractivity contribution in [1.82, 2.24) is 10.0 Å². The van der Waals surface area contributed by atoms with Crippen molar-refractivity contribution in [2.24, 2.45) is 0 Å². The first kappa shape index (κ1) is 16.3. The molecule has 0 saturated heterocycles. The second kappa shape index (κ2) is 6.34. The molecule has 0 atom stereocenters. The summed E-state index contributed by atoms with van der Waals surface area (Å²) in [5.74, 6) is 0.699. The maximum Gasteiger partial charge on any atom is 0.241 e. The number of rotatable bonds is 7. The van der Waals surface area contributed by atoms with E-state index in [1.807, 2.05) is 13.8 Å². The lowest BCUT2D eigenvalue weighted by molar-refractivity contribution is 0.248. The van der Waals surface area contributed by atoms with Crippen molar-refractivity contribution in [3.8, 4) is 5.75 Å². The maximum absolute atomic E-state index is 12.5. The molecular formula is C15H24N2O3S. The van der Waals surface area contributed by atoms with E-state index in [0.29, 0.717) is 17.2 Å². The zero-order chi connectivity index (χ0) is 15.5. The van der Waals surface area contributed by atoms with Gasteiger partial charge in [0, 0.05) is 17.6 Å². The van der Waals surface area contributed by atoms with E-state index in [9.17, 15) is 8.42 Å². The molecule has 1 aliphatic rings. The van der Waals surface area contributed by atoms with E-state index in [1.165, 1.54) is 0 Å². The Hall–Kier alpha value is -1.11. The van der Waals surface area contributed by atoms with Crippen LogP contribution in [0.5, 0.6) is 5.75 Å². The van der Waals surface area contributed by atoms with Crippen LogP contribution in [-0.4, -0.2) is 27.6 Å². The van der Waals surface area contributed by atoms with Gasteiger partial charge in [-0.3, -0.25) is 0 Å². The Kier molecular flexibility index (Phi) is 4.91. The van der Waals surface area contributed by atoms with Crippen molar-refractivity contribution >= 4 is 10.0 Å². The van der Waals surface area contributed by atoms with Crippen LogP contribution >= 0.6 is 0 Å². The molecule has 2 rings (SSSR count). The first-order chi connectivity index (χ1) is 9.90. The number of hydrogen-bond acceptors (Lipinski definition) is 4. The second-order valence-electron chi connectivity index (χ2n) is 5.77. The lowest BCUT2D eigenvalue weighted by Crippen LogP contribution is -2.50. The molecule has 6 heteroatoms. The van der Waals surface area contributed by atoms with Gasteiger partial charge in [-0.05, 0) is 50.9 Å². The number of ether oxygens (including phenoxy) is 1. The number of nitrogens with one attached hydrogen (secondary N) is 2. The predicted molar refractivity (Wildman–Crippen MR) is 83.0 cm³/mol. The molecule has 1 aromatic rings. The topological polar surface area (TPSA) is 67.4 Å². The summed E-state index contributed by atoms with van der Waals surface area (Å²) in [5, 5.41) is 3.19. The molecule has 1 fully saturated rings. The summed E-state index contributed by atoms with van der Waals surface area (Å²) < 4.78 is 33.1. The van der Waals surface area contributed by atoms with Crippen molar-refractivity contribution in [3.05, 3.63) is 23.8 Å². The van der Waals surface area contributed by atoms with Gasteiger partial charge >= 0.3 is 0 Å². The highest BCUT2D eigenvalue weighted by atomic mass is 32.2. The predicted octanol–water partition coefficient (Wildman–Crippen LogP) is 2.03. The third-order valence-electron chi connectivity index (χ3n) is 3.97. The van der Waals surface area contributed by atoms with Crippen LogP contribution in [0.2, 0.25) is 0 Å². The minimum absolute atomic E-state index is 0.291. The fraction of sp³-hybridized carbons (Fsp3) is 0.600. The molecule has 0 amide bonds. The van der Waals surface area contributed by atoms with Crippen LogP contribution in [0.4, 0.5) is 0 Å². The van der Waals surface area contributed by atoms with Crippen molar-refractivity contribution in [3.63, 3.8) is 0 Å². The molecule has 0 spiro atoms. The first-order valence-corrected chi connectivity index (χ1v) is 8.80. The molecule has 118 valence electrons. The molecular weight excluding hydrogens is 288 g/mol. The van der Waals surface area contributed by atoms with Gasteiger partial charge in [-0.25, -0.2) is 13.1 Å². The summed E-state index contributed by atoms with van der Waals surface area (Å²) in [6, 6.07) is 4.99. The molecule has 1 aliphatic carbocycles. The van der Waals surface area contributed by atoms with Crippen molar-refractivity contribution in [2.45, 2.75) is 50.1 Å². The fourth-order valence-corrected chi connectivity index (χ4v) is 4.03. The highest BCUT2D eigenvalue weighted by Crippen LogP contribution is 2.33. The van der Waals surface area contributed by atoms with Gasteiger partial charge in [0.25, 0.3) is 0 Å². The summed E-state index contributed by atoms with van der Waals surface area (Å²) >= 11 is 0. The Morgan fingerprint density at radius 1 is 1.33 bits per heavy atom. The van der Waals surface area contributed by atoms with Gasteiger partial charge in [-0.2, -0.15) is 0 Å². The van der Waals surface area contributed by atoms with Crippen LogP contribution < -0.4 is 14.8 Å². The summed E-state index contributed by atoms with van der Waals surface area (Å²) in [6.07, 6.45) is 2.87. The third kappa shape index (κ3) is 3.75. The number of methoxy groups -OCH3 is 1. The zero-order valence-corrected chi connectivity index (χ0v) is 13.7. The molecule has 0 aromatic heterocycles.